The number of rotatable bonds is 6. The van der Waals surface area contributed by atoms with E-state index in [2.05, 4.69) is 41.2 Å². The molecule has 4 aromatic rings. The smallest absolute Gasteiger partial charge is 0.406 e. The number of alkyl halides is 3. The number of nitrogens with one attached hydrogen (secondary N) is 1. The van der Waals surface area contributed by atoms with Crippen LogP contribution < -0.4 is 10.1 Å². The van der Waals surface area contributed by atoms with Crippen LogP contribution in [0.2, 0.25) is 0 Å². The summed E-state index contributed by atoms with van der Waals surface area (Å²) >= 11 is 4.63. The maximum absolute atomic E-state index is 12.7. The predicted octanol–water partition coefficient (Wildman–Crippen LogP) is 5.69. The Morgan fingerprint density at radius 3 is 2.61 bits per heavy atom. The number of hydrogen-bond donors (Lipinski definition) is 1. The van der Waals surface area contributed by atoms with E-state index in [1.165, 1.54) is 23.9 Å². The van der Waals surface area contributed by atoms with Gasteiger partial charge in [-0.15, -0.1) is 23.4 Å². The van der Waals surface area contributed by atoms with Gasteiger partial charge in [0.1, 0.15) is 11.3 Å². The number of halogens is 4. The number of benzene rings is 2. The molecule has 0 unspecified atom stereocenters. The molecular formula is C21H17BrF3N5O2S. The molecule has 12 heteroatoms. The molecule has 2 aromatic heterocycles. The summed E-state index contributed by atoms with van der Waals surface area (Å²) in [6, 6.07) is 10.8. The molecule has 0 bridgehead atoms. The van der Waals surface area contributed by atoms with Crippen LogP contribution in [-0.4, -0.2) is 37.3 Å². The van der Waals surface area contributed by atoms with Crippen LogP contribution in [0, 0.1) is 0 Å². The summed E-state index contributed by atoms with van der Waals surface area (Å²) in [5.74, 6) is -0.687. The second-order valence-electron chi connectivity index (χ2n) is 7.06. The molecule has 0 aliphatic rings. The summed E-state index contributed by atoms with van der Waals surface area (Å²) in [6.45, 7) is 1.85. The molecule has 1 atom stereocenters. The molecule has 0 aliphatic carbocycles. The first kappa shape index (κ1) is 23.3. The summed E-state index contributed by atoms with van der Waals surface area (Å²) in [5, 5.41) is 12.0. The molecule has 7 nitrogen and oxygen atoms in total. The topological polar surface area (TPSA) is 81.9 Å². The van der Waals surface area contributed by atoms with Crippen LogP contribution in [0.4, 0.5) is 18.9 Å². The lowest BCUT2D eigenvalue weighted by Crippen LogP contribution is -2.25. The van der Waals surface area contributed by atoms with Gasteiger partial charge in [0.15, 0.2) is 5.65 Å². The molecule has 1 N–H and O–H groups in total. The number of hydrogen-bond acceptors (Lipinski definition) is 6. The summed E-state index contributed by atoms with van der Waals surface area (Å²) < 4.78 is 43.6. The van der Waals surface area contributed by atoms with E-state index in [1.807, 2.05) is 36.7 Å². The number of carbonyl (C=O) groups excluding carboxylic acids is 1. The zero-order valence-electron chi connectivity index (χ0n) is 17.4. The van der Waals surface area contributed by atoms with Crippen molar-refractivity contribution in [1.29, 1.82) is 0 Å². The molecule has 4 rings (SSSR count). The van der Waals surface area contributed by atoms with Crippen LogP contribution in [0.3, 0.4) is 0 Å². The van der Waals surface area contributed by atoms with Crippen molar-refractivity contribution in [3.63, 3.8) is 0 Å². The monoisotopic (exact) mass is 539 g/mol. The zero-order chi connectivity index (χ0) is 23.8. The van der Waals surface area contributed by atoms with Gasteiger partial charge in [-0.05, 0) is 48.9 Å². The molecule has 33 heavy (non-hydrogen) atoms. The van der Waals surface area contributed by atoms with Gasteiger partial charge >= 0.3 is 6.36 Å². The Morgan fingerprint density at radius 2 is 1.94 bits per heavy atom. The molecule has 0 aliphatic heterocycles. The van der Waals surface area contributed by atoms with Gasteiger partial charge in [0.05, 0.1) is 10.8 Å². The first-order valence-electron chi connectivity index (χ1n) is 9.76. The lowest BCUT2D eigenvalue weighted by molar-refractivity contribution is -0.274. The van der Waals surface area contributed by atoms with Gasteiger partial charge in [0.2, 0.25) is 11.1 Å². The quantitative estimate of drug-likeness (QED) is 0.317. The number of amides is 1. The van der Waals surface area contributed by atoms with Crippen LogP contribution in [0.1, 0.15) is 13.3 Å². The minimum atomic E-state index is -4.77. The van der Waals surface area contributed by atoms with E-state index >= 15 is 0 Å². The summed E-state index contributed by atoms with van der Waals surface area (Å²) in [7, 11) is 1.89. The molecule has 0 spiro atoms. The average Bonchev–Trinajstić information content (AvgIpc) is 3.03. The van der Waals surface area contributed by atoms with Crippen molar-refractivity contribution < 1.29 is 22.7 Å². The molecule has 2 heterocycles. The first-order valence-corrected chi connectivity index (χ1v) is 11.4. The van der Waals surface area contributed by atoms with Crippen molar-refractivity contribution in [3.8, 4) is 5.75 Å². The summed E-state index contributed by atoms with van der Waals surface area (Å²) in [4.78, 5) is 17.3. The predicted molar refractivity (Wildman–Crippen MR) is 123 cm³/mol. The van der Waals surface area contributed by atoms with Gasteiger partial charge in [-0.2, -0.15) is 0 Å². The van der Waals surface area contributed by atoms with Crippen molar-refractivity contribution in [2.24, 2.45) is 7.05 Å². The second-order valence-corrected chi connectivity index (χ2v) is 9.15. The lowest BCUT2D eigenvalue weighted by atomic mass is 10.2. The van der Waals surface area contributed by atoms with E-state index in [0.29, 0.717) is 28.4 Å². The third kappa shape index (κ3) is 5.22. The molecule has 172 valence electrons. The van der Waals surface area contributed by atoms with Crippen LogP contribution in [0.25, 0.3) is 22.1 Å². The third-order valence-electron chi connectivity index (χ3n) is 4.81. The first-order chi connectivity index (χ1) is 15.6. The van der Waals surface area contributed by atoms with E-state index in [4.69, 9.17) is 0 Å². The largest absolute Gasteiger partial charge is 0.573 e. The van der Waals surface area contributed by atoms with E-state index in [0.717, 1.165) is 27.5 Å². The normalized spacial score (nSPS) is 12.8. The molecule has 0 fully saturated rings. The van der Waals surface area contributed by atoms with Crippen molar-refractivity contribution >= 4 is 61.4 Å². The minimum absolute atomic E-state index is 0.323. The van der Waals surface area contributed by atoms with Gasteiger partial charge in [0, 0.05) is 22.6 Å². The number of thioether (sulfide) groups is 1. The lowest BCUT2D eigenvalue weighted by Gasteiger charge is -2.14. The van der Waals surface area contributed by atoms with Gasteiger partial charge in [-0.1, -0.05) is 34.6 Å². The standard InChI is InChI=1S/C21H17BrF3N5O2S/c1-3-16(19(31)26-12-5-7-13(8-6-12)32-21(23,24)25)33-20-27-18-17(28-29-20)14-10-11(22)4-9-15(14)30(18)2/h4-10,16H,3H2,1-2H3,(H,26,31)/t16-/m1/s1. The number of carbonyl (C=O) groups is 1. The van der Waals surface area contributed by atoms with Crippen LogP contribution >= 0.6 is 27.7 Å². The average molecular weight is 540 g/mol. The minimum Gasteiger partial charge on any atom is -0.406 e. The van der Waals surface area contributed by atoms with Gasteiger partial charge in [0.25, 0.3) is 0 Å². The van der Waals surface area contributed by atoms with Crippen molar-refractivity contribution in [1.82, 2.24) is 19.7 Å². The fourth-order valence-electron chi connectivity index (χ4n) is 3.28. The van der Waals surface area contributed by atoms with E-state index in [1.54, 1.807) is 0 Å². The Hall–Kier alpha value is -2.86. The van der Waals surface area contributed by atoms with Crippen LogP contribution in [0.15, 0.2) is 52.1 Å². The zero-order valence-corrected chi connectivity index (χ0v) is 19.8. The highest BCUT2D eigenvalue weighted by molar-refractivity contribution is 9.10. The van der Waals surface area contributed by atoms with Crippen molar-refractivity contribution in [3.05, 3.63) is 46.9 Å². The Balaban J connectivity index is 1.50. The maximum atomic E-state index is 12.7. The van der Waals surface area contributed by atoms with Crippen LogP contribution in [0.5, 0.6) is 5.75 Å². The number of ether oxygens (including phenoxy) is 1. The summed E-state index contributed by atoms with van der Waals surface area (Å²) in [5.41, 5.74) is 2.62. The second kappa shape index (κ2) is 9.18. The van der Waals surface area contributed by atoms with E-state index < -0.39 is 11.6 Å². The number of nitrogens with zero attached hydrogens (tertiary/aromatic N) is 4. The Morgan fingerprint density at radius 1 is 1.21 bits per heavy atom. The number of aromatic nitrogens is 4. The SMILES string of the molecule is CC[C@@H](Sc1nnc2c3cc(Br)ccc3n(C)c2n1)C(=O)Nc1ccc(OC(F)(F)F)cc1. The molecule has 0 saturated carbocycles. The van der Waals surface area contributed by atoms with Gasteiger partial charge in [-0.25, -0.2) is 4.98 Å². The molecule has 0 saturated heterocycles. The Labute approximate surface area is 198 Å². The summed E-state index contributed by atoms with van der Waals surface area (Å²) in [6.07, 6.45) is -4.29. The van der Waals surface area contributed by atoms with Crippen LogP contribution in [-0.2, 0) is 11.8 Å². The maximum Gasteiger partial charge on any atom is 0.573 e. The molecule has 1 amide bonds. The van der Waals surface area contributed by atoms with Crippen molar-refractivity contribution in [2.75, 3.05) is 5.32 Å². The third-order valence-corrected chi connectivity index (χ3v) is 6.52. The molecular weight excluding hydrogens is 523 g/mol. The Bertz CT molecular complexity index is 1330. The number of anilines is 1. The van der Waals surface area contributed by atoms with Crippen molar-refractivity contribution in [2.45, 2.75) is 30.1 Å². The fraction of sp³-hybridized carbons (Fsp3) is 0.238. The van der Waals surface area contributed by atoms with E-state index in [-0.39, 0.29) is 11.7 Å². The number of aryl methyl sites for hydroxylation is 1. The molecule has 2 aromatic carbocycles. The fourth-order valence-corrected chi connectivity index (χ4v) is 4.45. The highest BCUT2D eigenvalue weighted by Crippen LogP contribution is 2.30. The molecule has 0 radical (unpaired) electrons. The van der Waals surface area contributed by atoms with E-state index in [9.17, 15) is 18.0 Å². The van der Waals surface area contributed by atoms with Gasteiger partial charge in [-0.3, -0.25) is 4.79 Å². The number of fused-ring (bicyclic) bond motifs is 3. The highest BCUT2D eigenvalue weighted by Gasteiger charge is 2.31. The Kier molecular flexibility index (Phi) is 6.48. The van der Waals surface area contributed by atoms with Gasteiger partial charge < -0.3 is 14.6 Å². The highest BCUT2D eigenvalue weighted by atomic mass is 79.9.